The fraction of sp³-hybridized carbons (Fsp3) is 0.429. The SMILES string of the molecule is CC[C@@H](C)[C@@H](NC(=O)c1ccccc1)C(=O)N1CCN(c2ncccn2)CC1. The minimum Gasteiger partial charge on any atom is -0.340 e. The van der Waals surface area contributed by atoms with Gasteiger partial charge in [0.2, 0.25) is 11.9 Å². The van der Waals surface area contributed by atoms with E-state index in [-0.39, 0.29) is 17.7 Å². The summed E-state index contributed by atoms with van der Waals surface area (Å²) >= 11 is 0. The Hall–Kier alpha value is -2.96. The van der Waals surface area contributed by atoms with E-state index >= 15 is 0 Å². The maximum Gasteiger partial charge on any atom is 0.251 e. The van der Waals surface area contributed by atoms with Crippen LogP contribution in [0.5, 0.6) is 0 Å². The first kappa shape index (κ1) is 19.8. The molecule has 28 heavy (non-hydrogen) atoms. The number of benzene rings is 1. The van der Waals surface area contributed by atoms with E-state index in [1.165, 1.54) is 0 Å². The number of nitrogens with one attached hydrogen (secondary N) is 1. The molecule has 0 saturated carbocycles. The van der Waals surface area contributed by atoms with Gasteiger partial charge in [-0.05, 0) is 24.1 Å². The zero-order chi connectivity index (χ0) is 19.9. The second-order valence-corrected chi connectivity index (χ2v) is 7.06. The summed E-state index contributed by atoms with van der Waals surface area (Å²) in [6.07, 6.45) is 4.25. The van der Waals surface area contributed by atoms with Crippen molar-refractivity contribution in [2.24, 2.45) is 5.92 Å². The van der Waals surface area contributed by atoms with Crippen LogP contribution in [0.3, 0.4) is 0 Å². The van der Waals surface area contributed by atoms with Gasteiger partial charge in [-0.15, -0.1) is 0 Å². The molecule has 148 valence electrons. The van der Waals surface area contributed by atoms with Gasteiger partial charge in [0.15, 0.2) is 0 Å². The highest BCUT2D eigenvalue weighted by atomic mass is 16.2. The van der Waals surface area contributed by atoms with Crippen LogP contribution in [0.25, 0.3) is 0 Å². The molecule has 1 saturated heterocycles. The van der Waals surface area contributed by atoms with Gasteiger partial charge in [-0.25, -0.2) is 9.97 Å². The maximum atomic E-state index is 13.2. The van der Waals surface area contributed by atoms with Crippen LogP contribution < -0.4 is 10.2 Å². The predicted octanol–water partition coefficient (Wildman–Crippen LogP) is 1.97. The van der Waals surface area contributed by atoms with Crippen molar-refractivity contribution in [3.8, 4) is 0 Å². The van der Waals surface area contributed by atoms with Crippen molar-refractivity contribution in [3.05, 3.63) is 54.4 Å². The lowest BCUT2D eigenvalue weighted by atomic mass is 9.97. The van der Waals surface area contributed by atoms with Gasteiger partial charge >= 0.3 is 0 Å². The summed E-state index contributed by atoms with van der Waals surface area (Å²) < 4.78 is 0. The van der Waals surface area contributed by atoms with E-state index < -0.39 is 6.04 Å². The smallest absolute Gasteiger partial charge is 0.251 e. The molecule has 0 radical (unpaired) electrons. The number of amides is 2. The van der Waals surface area contributed by atoms with E-state index in [1.54, 1.807) is 30.6 Å². The molecule has 7 heteroatoms. The normalized spacial score (nSPS) is 16.4. The first-order valence-electron chi connectivity index (χ1n) is 9.76. The summed E-state index contributed by atoms with van der Waals surface area (Å²) in [5.41, 5.74) is 0.564. The Balaban J connectivity index is 1.64. The highest BCUT2D eigenvalue weighted by Gasteiger charge is 2.32. The average molecular weight is 381 g/mol. The number of nitrogens with zero attached hydrogens (tertiary/aromatic N) is 4. The molecule has 2 amide bonds. The number of piperazine rings is 1. The standard InChI is InChI=1S/C21H27N5O2/c1-3-16(2)18(24-19(27)17-8-5-4-6-9-17)20(28)25-12-14-26(15-13-25)21-22-10-7-11-23-21/h4-11,16,18H,3,12-15H2,1-2H3,(H,24,27)/t16-,18-/m1/s1. The van der Waals surface area contributed by atoms with Gasteiger partial charge in [0, 0.05) is 44.1 Å². The largest absolute Gasteiger partial charge is 0.340 e. The van der Waals surface area contributed by atoms with Crippen LogP contribution in [-0.4, -0.2) is 58.9 Å². The van der Waals surface area contributed by atoms with Crippen molar-refractivity contribution in [2.75, 3.05) is 31.1 Å². The lowest BCUT2D eigenvalue weighted by Gasteiger charge is -2.37. The fourth-order valence-corrected chi connectivity index (χ4v) is 3.28. The Bertz CT molecular complexity index is 776. The Morgan fingerprint density at radius 2 is 1.68 bits per heavy atom. The third-order valence-electron chi connectivity index (χ3n) is 5.23. The van der Waals surface area contributed by atoms with Gasteiger partial charge in [-0.3, -0.25) is 9.59 Å². The van der Waals surface area contributed by atoms with Gasteiger partial charge in [0.1, 0.15) is 6.04 Å². The summed E-state index contributed by atoms with van der Waals surface area (Å²) in [7, 11) is 0. The molecular formula is C21H27N5O2. The number of rotatable bonds is 6. The first-order chi connectivity index (χ1) is 13.6. The lowest BCUT2D eigenvalue weighted by molar-refractivity contribution is -0.134. The van der Waals surface area contributed by atoms with E-state index in [0.29, 0.717) is 37.7 Å². The number of anilines is 1. The zero-order valence-corrected chi connectivity index (χ0v) is 16.4. The Kier molecular flexibility index (Phi) is 6.57. The molecule has 0 spiro atoms. The summed E-state index contributed by atoms with van der Waals surface area (Å²) in [6.45, 7) is 6.56. The van der Waals surface area contributed by atoms with Gasteiger partial charge in [-0.1, -0.05) is 38.5 Å². The van der Waals surface area contributed by atoms with Crippen LogP contribution in [0.2, 0.25) is 0 Å². The molecule has 0 aliphatic carbocycles. The average Bonchev–Trinajstić information content (AvgIpc) is 2.77. The van der Waals surface area contributed by atoms with Crippen LogP contribution in [0, 0.1) is 5.92 Å². The van der Waals surface area contributed by atoms with E-state index in [9.17, 15) is 9.59 Å². The van der Waals surface area contributed by atoms with Gasteiger partial charge in [0.25, 0.3) is 5.91 Å². The van der Waals surface area contributed by atoms with Gasteiger partial charge in [-0.2, -0.15) is 0 Å². The molecule has 1 aliphatic rings. The Labute approximate surface area is 165 Å². The molecule has 1 N–H and O–H groups in total. The molecule has 7 nitrogen and oxygen atoms in total. The monoisotopic (exact) mass is 381 g/mol. The molecule has 0 bridgehead atoms. The van der Waals surface area contributed by atoms with Gasteiger partial charge < -0.3 is 15.1 Å². The lowest BCUT2D eigenvalue weighted by Crippen LogP contribution is -2.57. The van der Waals surface area contributed by atoms with E-state index in [4.69, 9.17) is 0 Å². The third kappa shape index (κ3) is 4.65. The predicted molar refractivity (Wildman–Crippen MR) is 108 cm³/mol. The van der Waals surface area contributed by atoms with Crippen molar-refractivity contribution in [3.63, 3.8) is 0 Å². The second kappa shape index (κ2) is 9.30. The summed E-state index contributed by atoms with van der Waals surface area (Å²) in [4.78, 5) is 38.2. The van der Waals surface area contributed by atoms with Crippen molar-refractivity contribution >= 4 is 17.8 Å². The summed E-state index contributed by atoms with van der Waals surface area (Å²) in [5, 5.41) is 2.96. The number of hydrogen-bond donors (Lipinski definition) is 1. The quantitative estimate of drug-likeness (QED) is 0.828. The van der Waals surface area contributed by atoms with Crippen LogP contribution in [-0.2, 0) is 4.79 Å². The zero-order valence-electron chi connectivity index (χ0n) is 16.4. The van der Waals surface area contributed by atoms with Crippen LogP contribution in [0.1, 0.15) is 30.6 Å². The van der Waals surface area contributed by atoms with Crippen molar-refractivity contribution in [1.29, 1.82) is 0 Å². The van der Waals surface area contributed by atoms with Gasteiger partial charge in [0.05, 0.1) is 0 Å². The van der Waals surface area contributed by atoms with Crippen LogP contribution in [0.15, 0.2) is 48.8 Å². The highest BCUT2D eigenvalue weighted by Crippen LogP contribution is 2.15. The van der Waals surface area contributed by atoms with E-state index in [1.807, 2.05) is 36.9 Å². The Morgan fingerprint density at radius 1 is 1.04 bits per heavy atom. The third-order valence-corrected chi connectivity index (χ3v) is 5.23. The molecular weight excluding hydrogens is 354 g/mol. The minimum atomic E-state index is -0.530. The van der Waals surface area contributed by atoms with Crippen LogP contribution >= 0.6 is 0 Å². The summed E-state index contributed by atoms with van der Waals surface area (Å²) in [5.74, 6) is 0.504. The topological polar surface area (TPSA) is 78.4 Å². The molecule has 2 heterocycles. The molecule has 0 unspecified atom stereocenters. The second-order valence-electron chi connectivity index (χ2n) is 7.06. The van der Waals surface area contributed by atoms with E-state index in [0.717, 1.165) is 6.42 Å². The number of carbonyl (C=O) groups is 2. The highest BCUT2D eigenvalue weighted by molar-refractivity contribution is 5.97. The molecule has 2 atom stereocenters. The molecule has 1 aromatic carbocycles. The molecule has 1 aliphatic heterocycles. The summed E-state index contributed by atoms with van der Waals surface area (Å²) in [6, 6.07) is 10.3. The number of carbonyl (C=O) groups excluding carboxylic acids is 2. The Morgan fingerprint density at radius 3 is 2.29 bits per heavy atom. The maximum absolute atomic E-state index is 13.2. The van der Waals surface area contributed by atoms with Crippen LogP contribution in [0.4, 0.5) is 5.95 Å². The number of aromatic nitrogens is 2. The molecule has 3 rings (SSSR count). The van der Waals surface area contributed by atoms with Crippen molar-refractivity contribution < 1.29 is 9.59 Å². The van der Waals surface area contributed by atoms with Crippen molar-refractivity contribution in [1.82, 2.24) is 20.2 Å². The minimum absolute atomic E-state index is 0.0211. The molecule has 1 aromatic heterocycles. The number of hydrogen-bond acceptors (Lipinski definition) is 5. The molecule has 2 aromatic rings. The first-order valence-corrected chi connectivity index (χ1v) is 9.76. The van der Waals surface area contributed by atoms with Crippen molar-refractivity contribution in [2.45, 2.75) is 26.3 Å². The van der Waals surface area contributed by atoms with E-state index in [2.05, 4.69) is 20.2 Å². The molecule has 1 fully saturated rings. The fourth-order valence-electron chi connectivity index (χ4n) is 3.28.